The number of hydrogen-bond donors (Lipinski definition) is 1. The van der Waals surface area contributed by atoms with Crippen molar-refractivity contribution in [2.24, 2.45) is 0 Å². The summed E-state index contributed by atoms with van der Waals surface area (Å²) in [5, 5.41) is 12.6. The lowest BCUT2D eigenvalue weighted by Gasteiger charge is -2.20. The maximum atomic E-state index is 13.2. The van der Waals surface area contributed by atoms with Gasteiger partial charge in [0.15, 0.2) is 16.9 Å². The van der Waals surface area contributed by atoms with Crippen molar-refractivity contribution in [3.8, 4) is 17.1 Å². The molecule has 0 amide bonds. The van der Waals surface area contributed by atoms with Crippen LogP contribution in [0.25, 0.3) is 33.4 Å². The first kappa shape index (κ1) is 21.9. The number of furan rings is 1. The fourth-order valence-corrected chi connectivity index (χ4v) is 4.68. The van der Waals surface area contributed by atoms with Crippen LogP contribution in [0.2, 0.25) is 0 Å². The standard InChI is InChI=1S/C26H21NO6S/c1-26(2,3)33-25(30)22-15(20-11-14-7-6-9-17(28)23(14)31-20)13-34-21(22)12-18(29)24-27-16-8-4-5-10-19(16)32-24/h4-11,13,28H,12H2,1-3H3. The van der Waals surface area contributed by atoms with E-state index in [4.69, 9.17) is 13.6 Å². The second kappa shape index (κ2) is 8.14. The molecule has 0 aliphatic rings. The van der Waals surface area contributed by atoms with Crippen LogP contribution >= 0.6 is 11.3 Å². The van der Waals surface area contributed by atoms with Gasteiger partial charge in [-0.1, -0.05) is 24.3 Å². The van der Waals surface area contributed by atoms with Gasteiger partial charge in [0.1, 0.15) is 16.9 Å². The van der Waals surface area contributed by atoms with E-state index in [1.54, 1.807) is 62.5 Å². The molecular weight excluding hydrogens is 454 g/mol. The van der Waals surface area contributed by atoms with Crippen molar-refractivity contribution in [3.05, 3.63) is 70.2 Å². The van der Waals surface area contributed by atoms with Crippen LogP contribution in [0.15, 0.2) is 62.7 Å². The lowest BCUT2D eigenvalue weighted by molar-refractivity contribution is 0.00699. The Kier molecular flexibility index (Phi) is 5.25. The first-order chi connectivity index (χ1) is 16.2. The number of aromatic hydroxyl groups is 1. The summed E-state index contributed by atoms with van der Waals surface area (Å²) >= 11 is 1.26. The summed E-state index contributed by atoms with van der Waals surface area (Å²) in [5.74, 6) is -0.524. The van der Waals surface area contributed by atoms with Gasteiger partial charge >= 0.3 is 5.97 Å². The number of Topliss-reactive ketones (excluding diaryl/α,β-unsaturated/α-hetero) is 1. The Bertz CT molecular complexity index is 1520. The zero-order valence-electron chi connectivity index (χ0n) is 18.7. The van der Waals surface area contributed by atoms with E-state index in [2.05, 4.69) is 4.98 Å². The Hall–Kier alpha value is -3.91. The number of phenolic OH excluding ortho intramolecular Hbond substituents is 1. The molecule has 0 aliphatic heterocycles. The molecule has 0 radical (unpaired) electrons. The van der Waals surface area contributed by atoms with Crippen molar-refractivity contribution >= 4 is 45.2 Å². The van der Waals surface area contributed by atoms with Gasteiger partial charge in [0, 0.05) is 21.2 Å². The SMILES string of the molecule is CC(C)(C)OC(=O)c1c(-c2cc3cccc(O)c3o2)csc1CC(=O)c1nc2ccccc2o1. The Morgan fingerprint density at radius 2 is 1.88 bits per heavy atom. The van der Waals surface area contributed by atoms with E-state index < -0.39 is 11.6 Å². The van der Waals surface area contributed by atoms with Gasteiger partial charge in [-0.25, -0.2) is 9.78 Å². The molecular formula is C26H21NO6S. The second-order valence-electron chi connectivity index (χ2n) is 8.84. The Morgan fingerprint density at radius 3 is 2.62 bits per heavy atom. The molecule has 3 heterocycles. The number of esters is 1. The molecule has 8 heteroatoms. The summed E-state index contributed by atoms with van der Waals surface area (Å²) in [4.78, 5) is 31.0. The second-order valence-corrected chi connectivity index (χ2v) is 9.81. The predicted octanol–water partition coefficient (Wildman–Crippen LogP) is 6.39. The topological polar surface area (TPSA) is 103 Å². The van der Waals surface area contributed by atoms with Crippen molar-refractivity contribution in [3.63, 3.8) is 0 Å². The number of phenols is 1. The van der Waals surface area contributed by atoms with Crippen molar-refractivity contribution in [2.45, 2.75) is 32.8 Å². The van der Waals surface area contributed by atoms with Crippen molar-refractivity contribution in [2.75, 3.05) is 0 Å². The molecule has 34 heavy (non-hydrogen) atoms. The van der Waals surface area contributed by atoms with E-state index in [0.717, 1.165) is 0 Å². The minimum Gasteiger partial charge on any atom is -0.504 e. The summed E-state index contributed by atoms with van der Waals surface area (Å²) in [7, 11) is 0. The van der Waals surface area contributed by atoms with Crippen LogP contribution in [0.4, 0.5) is 0 Å². The molecule has 0 fully saturated rings. The molecule has 0 atom stereocenters. The van der Waals surface area contributed by atoms with Gasteiger partial charge in [0.2, 0.25) is 5.78 Å². The van der Waals surface area contributed by atoms with Crippen LogP contribution in [0.5, 0.6) is 5.75 Å². The molecule has 0 saturated carbocycles. The number of ether oxygens (including phenoxy) is 1. The molecule has 172 valence electrons. The average Bonchev–Trinajstić information content (AvgIpc) is 3.48. The molecule has 3 aromatic heterocycles. The minimum atomic E-state index is -0.732. The number of para-hydroxylation sites is 3. The lowest BCUT2D eigenvalue weighted by atomic mass is 10.0. The fourth-order valence-electron chi connectivity index (χ4n) is 3.66. The number of fused-ring (bicyclic) bond motifs is 2. The van der Waals surface area contributed by atoms with Gasteiger partial charge in [-0.05, 0) is 45.0 Å². The minimum absolute atomic E-state index is 0.00385. The molecule has 0 aliphatic carbocycles. The van der Waals surface area contributed by atoms with Crippen LogP contribution in [0, 0.1) is 0 Å². The predicted molar refractivity (Wildman–Crippen MR) is 128 cm³/mol. The molecule has 2 aromatic carbocycles. The first-order valence-corrected chi connectivity index (χ1v) is 11.5. The molecule has 0 bridgehead atoms. The highest BCUT2D eigenvalue weighted by molar-refractivity contribution is 7.11. The van der Waals surface area contributed by atoms with Gasteiger partial charge in [0.05, 0.1) is 12.0 Å². The van der Waals surface area contributed by atoms with Crippen LogP contribution in [-0.2, 0) is 11.2 Å². The number of nitrogens with zero attached hydrogens (tertiary/aromatic N) is 1. The van der Waals surface area contributed by atoms with E-state index in [0.29, 0.717) is 38.3 Å². The summed E-state index contributed by atoms with van der Waals surface area (Å²) in [6, 6.07) is 13.9. The maximum absolute atomic E-state index is 13.2. The lowest BCUT2D eigenvalue weighted by Crippen LogP contribution is -2.24. The average molecular weight is 476 g/mol. The zero-order valence-corrected chi connectivity index (χ0v) is 19.6. The van der Waals surface area contributed by atoms with E-state index in [-0.39, 0.29) is 29.4 Å². The molecule has 0 unspecified atom stereocenters. The normalized spacial score (nSPS) is 11.9. The zero-order chi connectivity index (χ0) is 24.0. The third-order valence-corrected chi connectivity index (χ3v) is 6.10. The number of hydrogen-bond acceptors (Lipinski definition) is 8. The van der Waals surface area contributed by atoms with E-state index in [9.17, 15) is 14.7 Å². The van der Waals surface area contributed by atoms with Crippen molar-refractivity contribution in [1.29, 1.82) is 0 Å². The van der Waals surface area contributed by atoms with Gasteiger partial charge < -0.3 is 18.7 Å². The highest BCUT2D eigenvalue weighted by Crippen LogP contribution is 2.38. The van der Waals surface area contributed by atoms with E-state index >= 15 is 0 Å². The van der Waals surface area contributed by atoms with Gasteiger partial charge in [-0.15, -0.1) is 11.3 Å². The van der Waals surface area contributed by atoms with Crippen molar-refractivity contribution < 1.29 is 28.3 Å². The number of oxazole rings is 1. The van der Waals surface area contributed by atoms with Crippen LogP contribution < -0.4 is 0 Å². The van der Waals surface area contributed by atoms with Crippen LogP contribution in [0.3, 0.4) is 0 Å². The van der Waals surface area contributed by atoms with Gasteiger partial charge in [-0.3, -0.25) is 4.79 Å². The Balaban J connectivity index is 1.56. The summed E-state index contributed by atoms with van der Waals surface area (Å²) < 4.78 is 17.1. The highest BCUT2D eigenvalue weighted by atomic mass is 32.1. The number of carbonyl (C=O) groups is 2. The molecule has 0 saturated heterocycles. The van der Waals surface area contributed by atoms with Crippen molar-refractivity contribution in [1.82, 2.24) is 4.98 Å². The fraction of sp³-hybridized carbons (Fsp3) is 0.192. The quantitative estimate of drug-likeness (QED) is 0.232. The summed E-state index contributed by atoms with van der Waals surface area (Å²) in [6.07, 6.45) is -0.0858. The van der Waals surface area contributed by atoms with E-state index in [1.165, 1.54) is 17.4 Å². The Labute approximate surface area is 198 Å². The number of thiophene rings is 1. The molecule has 1 N–H and O–H groups in total. The smallest absolute Gasteiger partial charge is 0.340 e. The molecule has 7 nitrogen and oxygen atoms in total. The van der Waals surface area contributed by atoms with Crippen LogP contribution in [-0.4, -0.2) is 27.4 Å². The highest BCUT2D eigenvalue weighted by Gasteiger charge is 2.29. The van der Waals surface area contributed by atoms with Gasteiger partial charge in [0.25, 0.3) is 5.89 Å². The van der Waals surface area contributed by atoms with E-state index in [1.807, 2.05) is 6.07 Å². The number of rotatable bonds is 5. The Morgan fingerprint density at radius 1 is 1.09 bits per heavy atom. The van der Waals surface area contributed by atoms with Gasteiger partial charge in [-0.2, -0.15) is 0 Å². The monoisotopic (exact) mass is 475 g/mol. The third kappa shape index (κ3) is 4.08. The number of aromatic nitrogens is 1. The maximum Gasteiger partial charge on any atom is 0.340 e. The first-order valence-electron chi connectivity index (χ1n) is 10.6. The molecule has 5 aromatic rings. The number of benzene rings is 2. The van der Waals surface area contributed by atoms with Crippen LogP contribution in [0.1, 0.15) is 46.7 Å². The summed E-state index contributed by atoms with van der Waals surface area (Å²) in [6.45, 7) is 5.33. The number of ketones is 1. The molecule has 0 spiro atoms. The third-order valence-electron chi connectivity index (χ3n) is 5.11. The summed E-state index contributed by atoms with van der Waals surface area (Å²) in [5.41, 5.74) is 1.45. The largest absolute Gasteiger partial charge is 0.504 e. The molecule has 5 rings (SSSR count). The number of carbonyl (C=O) groups excluding carboxylic acids is 2.